The monoisotopic (exact) mass is 252 g/mol. The zero-order valence-electron chi connectivity index (χ0n) is 10.00. The molecule has 0 unspecified atom stereocenters. The van der Waals surface area contributed by atoms with E-state index < -0.39 is 7.60 Å². The summed E-state index contributed by atoms with van der Waals surface area (Å²) >= 11 is 0. The van der Waals surface area contributed by atoms with Crippen LogP contribution in [0.2, 0.25) is 0 Å². The fourth-order valence-corrected chi connectivity index (χ4v) is 2.46. The Kier molecular flexibility index (Phi) is 4.88. The molecule has 0 amide bonds. The smallest absolute Gasteiger partial charge is 0.324 e. The summed E-state index contributed by atoms with van der Waals surface area (Å²) in [6, 6.07) is 5.60. The number of hydrogen-bond acceptors (Lipinski definition) is 1. The van der Waals surface area contributed by atoms with Crippen molar-refractivity contribution in [2.24, 2.45) is 0 Å². The van der Waals surface area contributed by atoms with E-state index in [0.717, 1.165) is 11.1 Å². The molecule has 0 heterocycles. The first kappa shape index (κ1) is 13.9. The van der Waals surface area contributed by atoms with Crippen molar-refractivity contribution < 1.29 is 14.4 Å². The Labute approximate surface area is 102 Å². The van der Waals surface area contributed by atoms with E-state index in [2.05, 4.69) is 0 Å². The first-order valence-electron chi connectivity index (χ1n) is 5.40. The minimum absolute atomic E-state index is 0.229. The lowest BCUT2D eigenvalue weighted by Crippen LogP contribution is -1.95. The second-order valence-corrected chi connectivity index (χ2v) is 5.38. The van der Waals surface area contributed by atoms with E-state index in [-0.39, 0.29) is 6.16 Å². The van der Waals surface area contributed by atoms with Crippen LogP contribution < -0.4 is 0 Å². The van der Waals surface area contributed by atoms with Crippen LogP contribution in [-0.2, 0) is 10.7 Å². The normalized spacial score (nSPS) is 12.7. The van der Waals surface area contributed by atoms with E-state index in [4.69, 9.17) is 9.79 Å². The lowest BCUT2D eigenvalue weighted by Gasteiger charge is -2.11. The molecule has 1 aromatic carbocycles. The molecule has 1 rings (SSSR count). The van der Waals surface area contributed by atoms with Crippen molar-refractivity contribution in [2.75, 3.05) is 0 Å². The minimum atomic E-state index is -4.06. The van der Waals surface area contributed by atoms with Gasteiger partial charge in [0.15, 0.2) is 0 Å². The molecule has 2 N–H and O–H groups in total. The molecule has 4 heteroatoms. The van der Waals surface area contributed by atoms with Crippen molar-refractivity contribution in [1.82, 2.24) is 0 Å². The van der Waals surface area contributed by atoms with Crippen molar-refractivity contribution in [3.8, 4) is 0 Å². The molecule has 92 valence electrons. The van der Waals surface area contributed by atoms with Crippen LogP contribution in [0.15, 0.2) is 30.4 Å². The zero-order chi connectivity index (χ0) is 12.9. The second kappa shape index (κ2) is 5.97. The van der Waals surface area contributed by atoms with Gasteiger partial charge in [-0.25, -0.2) is 0 Å². The Hall–Kier alpha value is -1.15. The highest BCUT2D eigenvalue weighted by Gasteiger charge is 2.17. The summed E-state index contributed by atoms with van der Waals surface area (Å²) in [5.74, 6) is 0. The molecule has 0 aliphatic heterocycles. The van der Waals surface area contributed by atoms with Crippen molar-refractivity contribution in [2.45, 2.75) is 20.0 Å². The molecule has 0 spiro atoms. The van der Waals surface area contributed by atoms with Crippen LogP contribution in [0.4, 0.5) is 0 Å². The van der Waals surface area contributed by atoms with Gasteiger partial charge < -0.3 is 9.79 Å². The molecule has 0 radical (unpaired) electrons. The average molecular weight is 252 g/mol. The zero-order valence-corrected chi connectivity index (χ0v) is 10.9. The maximum absolute atomic E-state index is 11.2. The van der Waals surface area contributed by atoms with Crippen LogP contribution in [0, 0.1) is 0 Å². The third-order valence-electron chi connectivity index (χ3n) is 2.31. The van der Waals surface area contributed by atoms with Gasteiger partial charge in [-0.3, -0.25) is 4.57 Å². The van der Waals surface area contributed by atoms with E-state index in [9.17, 15) is 4.57 Å². The number of hydrogen-bond donors (Lipinski definition) is 2. The third-order valence-corrected chi connectivity index (χ3v) is 3.03. The van der Waals surface area contributed by atoms with Gasteiger partial charge in [0.05, 0.1) is 6.16 Å². The second-order valence-electron chi connectivity index (χ2n) is 3.74. The van der Waals surface area contributed by atoms with E-state index in [1.54, 1.807) is 0 Å². The van der Waals surface area contributed by atoms with Gasteiger partial charge in [0.25, 0.3) is 0 Å². The highest BCUT2D eigenvalue weighted by molar-refractivity contribution is 7.50. The minimum Gasteiger partial charge on any atom is -0.324 e. The van der Waals surface area contributed by atoms with E-state index >= 15 is 0 Å². The summed E-state index contributed by atoms with van der Waals surface area (Å²) in [6.07, 6.45) is 7.21. The molecule has 3 nitrogen and oxygen atoms in total. The molecule has 0 bridgehead atoms. The van der Waals surface area contributed by atoms with Crippen molar-refractivity contribution in [3.05, 3.63) is 47.0 Å². The summed E-state index contributed by atoms with van der Waals surface area (Å²) in [4.78, 5) is 18.2. The third kappa shape index (κ3) is 4.31. The molecule has 0 saturated heterocycles. The van der Waals surface area contributed by atoms with Crippen LogP contribution in [0.3, 0.4) is 0 Å². The largest absolute Gasteiger partial charge is 0.329 e. The average Bonchev–Trinajstić information content (AvgIpc) is 2.21. The predicted molar refractivity (Wildman–Crippen MR) is 71.6 cm³/mol. The van der Waals surface area contributed by atoms with Gasteiger partial charge in [-0.15, -0.1) is 0 Å². The van der Waals surface area contributed by atoms with Gasteiger partial charge in [-0.1, -0.05) is 42.5 Å². The Balaban J connectivity index is 3.33. The van der Waals surface area contributed by atoms with E-state index in [0.29, 0.717) is 5.56 Å². The highest BCUT2D eigenvalue weighted by Crippen LogP contribution is 2.41. The lowest BCUT2D eigenvalue weighted by molar-refractivity contribution is 0.371. The number of benzene rings is 1. The summed E-state index contributed by atoms with van der Waals surface area (Å²) in [6.45, 7) is 3.76. The van der Waals surface area contributed by atoms with Crippen LogP contribution >= 0.6 is 7.60 Å². The number of rotatable bonds is 4. The molecular weight excluding hydrogens is 235 g/mol. The van der Waals surface area contributed by atoms with Gasteiger partial charge in [-0.05, 0) is 30.5 Å². The van der Waals surface area contributed by atoms with Crippen LogP contribution in [0.5, 0.6) is 0 Å². The molecule has 0 saturated carbocycles. The molecule has 0 aromatic heterocycles. The summed E-state index contributed by atoms with van der Waals surface area (Å²) < 4.78 is 11.2. The summed E-state index contributed by atoms with van der Waals surface area (Å²) in [5.41, 5.74) is 2.40. The topological polar surface area (TPSA) is 57.5 Å². The van der Waals surface area contributed by atoms with Crippen LogP contribution in [-0.4, -0.2) is 9.79 Å². The molecule has 0 aliphatic rings. The van der Waals surface area contributed by atoms with Crippen LogP contribution in [0.1, 0.15) is 30.5 Å². The Morgan fingerprint density at radius 1 is 1.12 bits per heavy atom. The predicted octanol–water partition coefficient (Wildman–Crippen LogP) is 3.43. The van der Waals surface area contributed by atoms with Gasteiger partial charge in [0.2, 0.25) is 0 Å². The molecule has 0 aliphatic carbocycles. The molecule has 17 heavy (non-hydrogen) atoms. The van der Waals surface area contributed by atoms with Gasteiger partial charge in [0, 0.05) is 0 Å². The fraction of sp³-hybridized carbons (Fsp3) is 0.231. The fourth-order valence-electron chi connectivity index (χ4n) is 1.68. The summed E-state index contributed by atoms with van der Waals surface area (Å²) in [5, 5.41) is 0. The Bertz CT molecular complexity index is 453. The molecule has 0 atom stereocenters. The first-order chi connectivity index (χ1) is 7.98. The first-order valence-corrected chi connectivity index (χ1v) is 7.19. The maximum atomic E-state index is 11.2. The lowest BCUT2D eigenvalue weighted by atomic mass is 10.0. The standard InChI is InChI=1S/C13H17O3P/c1-3-6-11-8-5-9-12(7-4-2)13(11)10-17(14,15)16/h3-9H,10H2,1-2H3,(H2,14,15,16)/b6-3-,7-4+. The van der Waals surface area contributed by atoms with Crippen molar-refractivity contribution >= 4 is 19.7 Å². The van der Waals surface area contributed by atoms with Gasteiger partial charge >= 0.3 is 7.60 Å². The van der Waals surface area contributed by atoms with Crippen molar-refractivity contribution in [1.29, 1.82) is 0 Å². The molecule has 0 fully saturated rings. The van der Waals surface area contributed by atoms with Gasteiger partial charge in [-0.2, -0.15) is 0 Å². The van der Waals surface area contributed by atoms with Crippen molar-refractivity contribution in [3.63, 3.8) is 0 Å². The Morgan fingerprint density at radius 3 is 1.94 bits per heavy atom. The SMILES string of the molecule is C/C=C\c1cccc(/C=C/C)c1CP(=O)(O)O. The number of allylic oxidation sites excluding steroid dienone is 2. The van der Waals surface area contributed by atoms with E-state index in [1.807, 2.05) is 56.4 Å². The maximum Gasteiger partial charge on any atom is 0.329 e. The quantitative estimate of drug-likeness (QED) is 0.807. The highest BCUT2D eigenvalue weighted by atomic mass is 31.2. The van der Waals surface area contributed by atoms with Gasteiger partial charge in [0.1, 0.15) is 0 Å². The Morgan fingerprint density at radius 2 is 1.59 bits per heavy atom. The molecule has 1 aromatic rings. The molecular formula is C13H17O3P. The summed E-state index contributed by atoms with van der Waals surface area (Å²) in [7, 11) is -4.06. The van der Waals surface area contributed by atoms with E-state index in [1.165, 1.54) is 0 Å². The van der Waals surface area contributed by atoms with Crippen LogP contribution in [0.25, 0.3) is 12.2 Å².